The van der Waals surface area contributed by atoms with E-state index in [0.717, 1.165) is 27.9 Å². The summed E-state index contributed by atoms with van der Waals surface area (Å²) in [6.07, 6.45) is 0. The largest absolute Gasteiger partial charge is 0.290 e. The van der Waals surface area contributed by atoms with E-state index in [9.17, 15) is 15.3 Å². The van der Waals surface area contributed by atoms with Crippen molar-refractivity contribution in [3.05, 3.63) is 136 Å². The minimum absolute atomic E-state index is 0.0943. The first-order chi connectivity index (χ1) is 16.1. The van der Waals surface area contributed by atoms with Crippen molar-refractivity contribution in [2.24, 2.45) is 0 Å². The van der Waals surface area contributed by atoms with Crippen molar-refractivity contribution in [2.75, 3.05) is 4.90 Å². The second-order valence-electron chi connectivity index (χ2n) is 8.11. The van der Waals surface area contributed by atoms with Crippen LogP contribution in [0.2, 0.25) is 0 Å². The Morgan fingerprint density at radius 2 is 1.21 bits per heavy atom. The summed E-state index contributed by atoms with van der Waals surface area (Å²) in [6.45, 7) is 2.01. The number of benzene rings is 4. The van der Waals surface area contributed by atoms with Crippen LogP contribution in [0.3, 0.4) is 0 Å². The Hall–Kier alpha value is -4.67. The Labute approximate surface area is 192 Å². The molecule has 0 spiro atoms. The first-order valence-corrected chi connectivity index (χ1v) is 10.6. The molecule has 4 heteroatoms. The van der Waals surface area contributed by atoms with Gasteiger partial charge in [-0.2, -0.15) is 10.5 Å². The fourth-order valence-corrected chi connectivity index (χ4v) is 4.69. The Kier molecular flexibility index (Phi) is 4.78. The van der Waals surface area contributed by atoms with E-state index in [1.165, 1.54) is 0 Å². The number of fused-ring (bicyclic) bond motifs is 1. The van der Waals surface area contributed by atoms with Crippen LogP contribution in [0.25, 0.3) is 0 Å². The lowest BCUT2D eigenvalue weighted by Gasteiger charge is -2.40. The van der Waals surface area contributed by atoms with Crippen molar-refractivity contribution >= 4 is 11.6 Å². The molecular weight excluding hydrogens is 406 g/mol. The summed E-state index contributed by atoms with van der Waals surface area (Å²) >= 11 is 0. The van der Waals surface area contributed by atoms with E-state index in [1.54, 1.807) is 24.3 Å². The number of amides is 1. The van der Waals surface area contributed by atoms with Gasteiger partial charge in [-0.3, -0.25) is 9.69 Å². The molecular formula is C29H19N3O. The van der Waals surface area contributed by atoms with Crippen molar-refractivity contribution in [3.8, 4) is 12.1 Å². The molecule has 156 valence electrons. The average molecular weight is 425 g/mol. The highest BCUT2D eigenvalue weighted by molar-refractivity contribution is 6.13. The maximum Gasteiger partial charge on any atom is 0.260 e. The zero-order chi connectivity index (χ0) is 23.0. The normalized spacial score (nSPS) is 13.8. The van der Waals surface area contributed by atoms with Crippen molar-refractivity contribution < 1.29 is 4.79 Å². The van der Waals surface area contributed by atoms with Gasteiger partial charge in [0.05, 0.1) is 23.3 Å². The molecule has 1 heterocycles. The lowest BCUT2D eigenvalue weighted by Crippen LogP contribution is -2.46. The van der Waals surface area contributed by atoms with Gasteiger partial charge in [0.25, 0.3) is 5.91 Å². The Morgan fingerprint density at radius 1 is 0.697 bits per heavy atom. The lowest BCUT2D eigenvalue weighted by molar-refractivity contribution is 0.0986. The summed E-state index contributed by atoms with van der Waals surface area (Å²) in [5, 5.41) is 18.7. The van der Waals surface area contributed by atoms with Crippen molar-refractivity contribution in [1.82, 2.24) is 0 Å². The van der Waals surface area contributed by atoms with Gasteiger partial charge in [-0.05, 0) is 66.1 Å². The number of nitrogens with zero attached hydrogens (tertiary/aromatic N) is 3. The molecule has 0 atom stereocenters. The van der Waals surface area contributed by atoms with Gasteiger partial charge in [0, 0.05) is 11.3 Å². The smallest absolute Gasteiger partial charge is 0.260 e. The highest BCUT2D eigenvalue weighted by Gasteiger charge is 2.52. The molecule has 4 aromatic carbocycles. The molecule has 0 saturated heterocycles. The van der Waals surface area contributed by atoms with Crippen LogP contribution in [-0.2, 0) is 5.54 Å². The number of aryl methyl sites for hydroxylation is 1. The monoisotopic (exact) mass is 425 g/mol. The number of hydrogen-bond donors (Lipinski definition) is 0. The molecule has 1 aliphatic rings. The average Bonchev–Trinajstić information content (AvgIpc) is 3.14. The topological polar surface area (TPSA) is 67.9 Å². The summed E-state index contributed by atoms with van der Waals surface area (Å²) in [7, 11) is 0. The predicted molar refractivity (Wildman–Crippen MR) is 127 cm³/mol. The van der Waals surface area contributed by atoms with Crippen LogP contribution in [0.15, 0.2) is 97.1 Å². The molecule has 0 radical (unpaired) electrons. The van der Waals surface area contributed by atoms with Gasteiger partial charge < -0.3 is 0 Å². The standard InChI is InChI=1S/C29H19N3O/c1-20-6-16-25(17-7-20)32-28(33)26-4-2-3-5-27(26)29(32,23-12-8-21(18-30)9-13-23)24-14-10-22(19-31)11-15-24/h2-17H,1H3. The molecule has 5 rings (SSSR count). The minimum atomic E-state index is -0.953. The molecule has 33 heavy (non-hydrogen) atoms. The van der Waals surface area contributed by atoms with E-state index in [1.807, 2.05) is 84.6 Å². The van der Waals surface area contributed by atoms with Gasteiger partial charge in [0.2, 0.25) is 0 Å². The van der Waals surface area contributed by atoms with Gasteiger partial charge in [0.1, 0.15) is 5.54 Å². The van der Waals surface area contributed by atoms with Gasteiger partial charge in [-0.1, -0.05) is 60.2 Å². The SMILES string of the molecule is Cc1ccc(N2C(=O)c3ccccc3C2(c2ccc(C#N)cc2)c2ccc(C#N)cc2)cc1. The third kappa shape index (κ3) is 3.01. The molecule has 0 unspecified atom stereocenters. The zero-order valence-corrected chi connectivity index (χ0v) is 18.0. The second kappa shape index (κ2) is 7.79. The number of hydrogen-bond acceptors (Lipinski definition) is 3. The fraction of sp³-hybridized carbons (Fsp3) is 0.0690. The number of anilines is 1. The molecule has 4 aromatic rings. The van der Waals surface area contributed by atoms with Crippen LogP contribution < -0.4 is 4.90 Å². The molecule has 0 N–H and O–H groups in total. The number of nitriles is 2. The summed E-state index contributed by atoms with van der Waals surface area (Å²) in [6, 6.07) is 34.7. The van der Waals surface area contributed by atoms with Gasteiger partial charge in [-0.15, -0.1) is 0 Å². The maximum absolute atomic E-state index is 13.9. The second-order valence-corrected chi connectivity index (χ2v) is 8.11. The van der Waals surface area contributed by atoms with Crippen molar-refractivity contribution in [3.63, 3.8) is 0 Å². The van der Waals surface area contributed by atoms with Crippen molar-refractivity contribution in [1.29, 1.82) is 10.5 Å². The maximum atomic E-state index is 13.9. The number of carbonyl (C=O) groups excluding carboxylic acids is 1. The molecule has 1 amide bonds. The van der Waals surface area contributed by atoms with E-state index in [-0.39, 0.29) is 5.91 Å². The first-order valence-electron chi connectivity index (χ1n) is 10.6. The number of rotatable bonds is 3. The van der Waals surface area contributed by atoms with Crippen LogP contribution in [0.5, 0.6) is 0 Å². The van der Waals surface area contributed by atoms with Crippen LogP contribution in [0, 0.1) is 29.6 Å². The molecule has 0 saturated carbocycles. The fourth-order valence-electron chi connectivity index (χ4n) is 4.69. The zero-order valence-electron chi connectivity index (χ0n) is 18.0. The molecule has 1 aliphatic heterocycles. The van der Waals surface area contributed by atoms with Gasteiger partial charge >= 0.3 is 0 Å². The van der Waals surface area contributed by atoms with Crippen LogP contribution in [0.4, 0.5) is 5.69 Å². The quantitative estimate of drug-likeness (QED) is 0.423. The van der Waals surface area contributed by atoms with E-state index in [4.69, 9.17) is 0 Å². The molecule has 0 bridgehead atoms. The Balaban J connectivity index is 1.89. The summed E-state index contributed by atoms with van der Waals surface area (Å²) in [5.41, 5.74) is 5.25. The van der Waals surface area contributed by atoms with E-state index >= 15 is 0 Å². The predicted octanol–water partition coefficient (Wildman–Crippen LogP) is 5.69. The Bertz CT molecular complexity index is 1380. The molecule has 0 aromatic heterocycles. The summed E-state index contributed by atoms with van der Waals surface area (Å²) in [5.74, 6) is -0.0943. The van der Waals surface area contributed by atoms with E-state index < -0.39 is 5.54 Å². The highest BCUT2D eigenvalue weighted by atomic mass is 16.2. The Morgan fingerprint density at radius 3 is 1.73 bits per heavy atom. The summed E-state index contributed by atoms with van der Waals surface area (Å²) in [4.78, 5) is 15.7. The third-order valence-electron chi connectivity index (χ3n) is 6.24. The first kappa shape index (κ1) is 20.2. The number of carbonyl (C=O) groups is 1. The van der Waals surface area contributed by atoms with E-state index in [2.05, 4.69) is 12.1 Å². The van der Waals surface area contributed by atoms with Crippen molar-refractivity contribution in [2.45, 2.75) is 12.5 Å². The third-order valence-corrected chi connectivity index (χ3v) is 6.24. The van der Waals surface area contributed by atoms with Crippen LogP contribution >= 0.6 is 0 Å². The van der Waals surface area contributed by atoms with Crippen LogP contribution in [0.1, 0.15) is 43.7 Å². The highest BCUT2D eigenvalue weighted by Crippen LogP contribution is 2.51. The van der Waals surface area contributed by atoms with Crippen LogP contribution in [-0.4, -0.2) is 5.91 Å². The van der Waals surface area contributed by atoms with Gasteiger partial charge in [0.15, 0.2) is 0 Å². The van der Waals surface area contributed by atoms with Gasteiger partial charge in [-0.25, -0.2) is 0 Å². The molecule has 0 aliphatic carbocycles. The lowest BCUT2D eigenvalue weighted by atomic mass is 9.76. The molecule has 4 nitrogen and oxygen atoms in total. The van der Waals surface area contributed by atoms with E-state index in [0.29, 0.717) is 16.7 Å². The molecule has 0 fully saturated rings. The minimum Gasteiger partial charge on any atom is -0.290 e. The summed E-state index contributed by atoms with van der Waals surface area (Å²) < 4.78 is 0.